The summed E-state index contributed by atoms with van der Waals surface area (Å²) in [7, 11) is 0. The molecule has 0 spiro atoms. The van der Waals surface area contributed by atoms with E-state index in [9.17, 15) is 14.4 Å². The second kappa shape index (κ2) is 19.5. The highest BCUT2D eigenvalue weighted by molar-refractivity contribution is 5.85. The molecule has 0 aliphatic heterocycles. The Balaban J connectivity index is -0.000000105. The topological polar surface area (TPSA) is 173 Å². The van der Waals surface area contributed by atoms with Crippen LogP contribution in [0.25, 0.3) is 0 Å². The zero-order valence-corrected chi connectivity index (χ0v) is 13.1. The lowest BCUT2D eigenvalue weighted by molar-refractivity contribution is -0.133. The Morgan fingerprint density at radius 1 is 0.913 bits per heavy atom. The van der Waals surface area contributed by atoms with Gasteiger partial charge >= 0.3 is 17.9 Å². The summed E-state index contributed by atoms with van der Waals surface area (Å²) in [6.07, 6.45) is -0.120. The van der Waals surface area contributed by atoms with Crippen LogP contribution in [0.5, 0.6) is 0 Å². The van der Waals surface area contributed by atoms with Crippen molar-refractivity contribution < 1.29 is 45.0 Å². The summed E-state index contributed by atoms with van der Waals surface area (Å²) in [6.45, 7) is 11.4. The fourth-order valence-corrected chi connectivity index (χ4v) is 0.0577. The molecular formula is C14H24O9. The van der Waals surface area contributed by atoms with Crippen LogP contribution in [-0.2, 0) is 14.4 Å². The molecule has 0 aliphatic rings. The van der Waals surface area contributed by atoms with E-state index in [4.69, 9.17) is 30.6 Å². The summed E-state index contributed by atoms with van der Waals surface area (Å²) in [4.78, 5) is 28.4. The number of aliphatic carboxylic acids is 3. The van der Waals surface area contributed by atoms with Crippen LogP contribution in [0.1, 0.15) is 13.8 Å². The van der Waals surface area contributed by atoms with Crippen molar-refractivity contribution in [3.63, 3.8) is 0 Å². The van der Waals surface area contributed by atoms with Gasteiger partial charge in [-0.2, -0.15) is 0 Å². The van der Waals surface area contributed by atoms with Crippen LogP contribution in [0.3, 0.4) is 0 Å². The van der Waals surface area contributed by atoms with Crippen LogP contribution < -0.4 is 0 Å². The Morgan fingerprint density at radius 3 is 1.09 bits per heavy atom. The van der Waals surface area contributed by atoms with Crippen molar-refractivity contribution in [3.8, 4) is 0 Å². The predicted molar refractivity (Wildman–Crippen MR) is 82.9 cm³/mol. The first-order valence-corrected chi connectivity index (χ1v) is 5.89. The van der Waals surface area contributed by atoms with Crippen LogP contribution >= 0.6 is 0 Å². The zero-order chi connectivity index (χ0) is 19.6. The van der Waals surface area contributed by atoms with Gasteiger partial charge in [0.1, 0.15) is 6.10 Å². The Labute approximate surface area is 134 Å². The zero-order valence-electron chi connectivity index (χ0n) is 13.1. The molecule has 0 bridgehead atoms. The Kier molecular flexibility index (Phi) is 24.3. The minimum Gasteiger partial charge on any atom is -0.478 e. The molecule has 0 aliphatic carbocycles. The third-order valence-corrected chi connectivity index (χ3v) is 1.33. The highest BCUT2D eigenvalue weighted by atomic mass is 16.4. The summed E-state index contributed by atoms with van der Waals surface area (Å²) in [5.41, 5.74) is 0.352. The average Bonchev–Trinajstić information content (AvgIpc) is 2.47. The van der Waals surface area contributed by atoms with E-state index in [1.807, 2.05) is 0 Å². The monoisotopic (exact) mass is 336 g/mol. The van der Waals surface area contributed by atoms with Crippen LogP contribution in [0, 0.1) is 0 Å². The van der Waals surface area contributed by atoms with Crippen molar-refractivity contribution in [3.05, 3.63) is 37.0 Å². The lowest BCUT2D eigenvalue weighted by Crippen LogP contribution is -2.15. The van der Waals surface area contributed by atoms with Gasteiger partial charge in [0.05, 0.1) is 13.2 Å². The van der Waals surface area contributed by atoms with Gasteiger partial charge in [0, 0.05) is 17.2 Å². The number of aliphatic hydroxyl groups excluding tert-OH is 3. The molecule has 9 heteroatoms. The molecule has 0 aromatic carbocycles. The maximum absolute atomic E-state index is 9.60. The summed E-state index contributed by atoms with van der Waals surface area (Å²) >= 11 is 0. The summed E-state index contributed by atoms with van der Waals surface area (Å²) < 4.78 is 0. The molecule has 0 radical (unpaired) electrons. The van der Waals surface area contributed by atoms with Gasteiger partial charge in [0.25, 0.3) is 0 Å². The molecule has 0 atom stereocenters. The molecule has 0 unspecified atom stereocenters. The number of carboxylic acids is 3. The molecular weight excluding hydrogens is 312 g/mol. The van der Waals surface area contributed by atoms with Gasteiger partial charge in [0.15, 0.2) is 0 Å². The molecule has 0 saturated heterocycles. The van der Waals surface area contributed by atoms with Gasteiger partial charge in [-0.05, 0) is 13.8 Å². The van der Waals surface area contributed by atoms with E-state index in [2.05, 4.69) is 19.7 Å². The minimum atomic E-state index is -0.981. The maximum atomic E-state index is 9.60. The first-order valence-electron chi connectivity index (χ1n) is 5.89. The Bertz CT molecular complexity index is 347. The number of aliphatic hydroxyl groups is 3. The summed E-state index contributed by atoms with van der Waals surface area (Å²) in [5.74, 6) is -2.85. The molecule has 23 heavy (non-hydrogen) atoms. The average molecular weight is 336 g/mol. The molecule has 0 aromatic heterocycles. The molecule has 6 N–H and O–H groups in total. The van der Waals surface area contributed by atoms with Crippen LogP contribution in [0.2, 0.25) is 0 Å². The molecule has 0 aromatic rings. The molecule has 134 valence electrons. The summed E-state index contributed by atoms with van der Waals surface area (Å²) in [6, 6.07) is 0. The SMILES string of the molecule is C=C(C)C(=O)O.C=C(C)C(=O)O.C=CC(=O)O.OCC(O)CO. The maximum Gasteiger partial charge on any atom is 0.330 e. The number of hydrogen-bond donors (Lipinski definition) is 6. The van der Waals surface area contributed by atoms with Crippen molar-refractivity contribution in [2.75, 3.05) is 13.2 Å². The highest BCUT2D eigenvalue weighted by Gasteiger charge is 1.93. The van der Waals surface area contributed by atoms with Crippen molar-refractivity contribution >= 4 is 17.9 Å². The van der Waals surface area contributed by atoms with Gasteiger partial charge < -0.3 is 30.6 Å². The Hall–Kier alpha value is -2.49. The van der Waals surface area contributed by atoms with Gasteiger partial charge in [-0.25, -0.2) is 14.4 Å². The van der Waals surface area contributed by atoms with Gasteiger partial charge in [-0.1, -0.05) is 19.7 Å². The van der Waals surface area contributed by atoms with Gasteiger partial charge in [-0.3, -0.25) is 0 Å². The molecule has 0 amide bonds. The highest BCUT2D eigenvalue weighted by Crippen LogP contribution is 1.81. The molecule has 9 nitrogen and oxygen atoms in total. The van der Waals surface area contributed by atoms with E-state index in [1.54, 1.807) is 0 Å². The van der Waals surface area contributed by atoms with Crippen molar-refractivity contribution in [2.24, 2.45) is 0 Å². The van der Waals surface area contributed by atoms with Gasteiger partial charge in [0.2, 0.25) is 0 Å². The molecule has 0 saturated carbocycles. The van der Waals surface area contributed by atoms with Gasteiger partial charge in [-0.15, -0.1) is 0 Å². The van der Waals surface area contributed by atoms with Crippen LogP contribution in [0.15, 0.2) is 37.0 Å². The van der Waals surface area contributed by atoms with E-state index in [0.29, 0.717) is 0 Å². The lowest BCUT2D eigenvalue weighted by Gasteiger charge is -1.96. The second-order valence-electron chi connectivity index (χ2n) is 3.73. The fourth-order valence-electron chi connectivity index (χ4n) is 0.0577. The minimum absolute atomic E-state index is 0.176. The standard InChI is InChI=1S/2C4H6O2.C3H8O3.C3H4O2/c2*1-3(2)4(5)6;4-1-3(6)2-5;1-2-3(4)5/h2*1H2,2H3,(H,5,6);3-6H,1-2H2;2H,1H2,(H,4,5). The Morgan fingerprint density at radius 2 is 1.09 bits per heavy atom. The van der Waals surface area contributed by atoms with E-state index in [1.165, 1.54) is 13.8 Å². The predicted octanol–water partition coefficient (Wildman–Crippen LogP) is -0.117. The smallest absolute Gasteiger partial charge is 0.330 e. The van der Waals surface area contributed by atoms with E-state index < -0.39 is 24.0 Å². The van der Waals surface area contributed by atoms with Crippen LogP contribution in [0.4, 0.5) is 0 Å². The molecule has 0 rings (SSSR count). The number of hydrogen-bond acceptors (Lipinski definition) is 6. The number of carbonyl (C=O) groups is 3. The normalized spacial score (nSPS) is 7.91. The van der Waals surface area contributed by atoms with E-state index in [0.717, 1.165) is 6.08 Å². The quantitative estimate of drug-likeness (QED) is 0.374. The summed E-state index contributed by atoms with van der Waals surface area (Å²) in [5, 5.41) is 47.4. The third-order valence-electron chi connectivity index (χ3n) is 1.33. The lowest BCUT2D eigenvalue weighted by atomic mass is 10.4. The first-order chi connectivity index (χ1) is 10.4. The van der Waals surface area contributed by atoms with Crippen molar-refractivity contribution in [1.29, 1.82) is 0 Å². The second-order valence-corrected chi connectivity index (χ2v) is 3.73. The fraction of sp³-hybridized carbons (Fsp3) is 0.357. The van der Waals surface area contributed by atoms with Crippen molar-refractivity contribution in [1.82, 2.24) is 0 Å². The van der Waals surface area contributed by atoms with Crippen molar-refractivity contribution in [2.45, 2.75) is 20.0 Å². The first kappa shape index (κ1) is 28.6. The number of carboxylic acid groups (broad SMARTS) is 3. The number of rotatable bonds is 5. The molecule has 0 heterocycles. The molecule has 0 fully saturated rings. The third kappa shape index (κ3) is 45.2. The van der Waals surface area contributed by atoms with E-state index in [-0.39, 0.29) is 24.4 Å². The van der Waals surface area contributed by atoms with Crippen LogP contribution in [-0.4, -0.2) is 67.9 Å². The largest absolute Gasteiger partial charge is 0.478 e. The van der Waals surface area contributed by atoms with E-state index >= 15 is 0 Å².